The van der Waals surface area contributed by atoms with Gasteiger partial charge < -0.3 is 16.4 Å². The smallest absolute Gasteiger partial charge is 0 e. The van der Waals surface area contributed by atoms with Gasteiger partial charge in [-0.2, -0.15) is 13.8 Å². The molecular weight excluding hydrogens is 201 g/mol. The van der Waals surface area contributed by atoms with Crippen molar-refractivity contribution in [1.82, 2.24) is 9.97 Å². The molecule has 1 radical (unpaired) electrons. The first-order valence-corrected chi connectivity index (χ1v) is 2.77. The predicted octanol–water partition coefficient (Wildman–Crippen LogP) is 1.50. The maximum absolute atomic E-state index is 3.64. The number of hydrogen-bond donors (Lipinski definition) is 0. The molecule has 0 aliphatic heterocycles. The molecule has 1 heterocycles. The zero-order valence-corrected chi connectivity index (χ0v) is 9.12. The Hall–Kier alpha value is 0.184. The van der Waals surface area contributed by atoms with E-state index in [9.17, 15) is 0 Å². The molecule has 0 atom stereocenters. The fourth-order valence-corrected chi connectivity index (χ4v) is 0.225. The molecule has 0 aliphatic carbocycles. The van der Waals surface area contributed by atoms with Crippen LogP contribution in [-0.4, -0.2) is 9.97 Å². The van der Waals surface area contributed by atoms with Gasteiger partial charge in [0.05, 0.1) is 0 Å². The molecule has 1 aromatic rings. The van der Waals surface area contributed by atoms with Gasteiger partial charge in [-0.25, -0.2) is 0 Å². The van der Waals surface area contributed by atoms with Crippen molar-refractivity contribution in [3.63, 3.8) is 0 Å². The molecule has 10 heavy (non-hydrogen) atoms. The van der Waals surface area contributed by atoms with Crippen LogP contribution in [0.3, 0.4) is 0 Å². The zero-order chi connectivity index (χ0) is 6.95. The van der Waals surface area contributed by atoms with Crippen LogP contribution >= 0.6 is 0 Å². The molecule has 0 aliphatic rings. The molecule has 1 rings (SSSR count). The summed E-state index contributed by atoms with van der Waals surface area (Å²) in [5.41, 5.74) is 0. The number of hydrogen-bond acceptors (Lipinski definition) is 2. The Morgan fingerprint density at radius 3 is 2.10 bits per heavy atom. The largest absolute Gasteiger partial charge is 0.376 e. The van der Waals surface area contributed by atoms with E-state index in [0.717, 1.165) is 0 Å². The molecule has 3 heteroatoms. The minimum Gasteiger partial charge on any atom is -0.376 e. The monoisotopic (exact) mass is 211 g/mol. The van der Waals surface area contributed by atoms with Gasteiger partial charge in [0.2, 0.25) is 0 Å². The standard InChI is InChI=1S/C4H3N2.C3H7.Y/c1-2-5-4-6-3-1;1-3-2;/h1-2,4H;3H,1-2H3;/q2*-1;. The van der Waals surface area contributed by atoms with E-state index in [1.54, 1.807) is 12.3 Å². The van der Waals surface area contributed by atoms with Crippen molar-refractivity contribution in [2.24, 2.45) is 0 Å². The number of nitrogens with zero attached hydrogens (tertiary/aromatic N) is 2. The van der Waals surface area contributed by atoms with E-state index in [2.05, 4.69) is 16.2 Å². The van der Waals surface area contributed by atoms with Gasteiger partial charge in [-0.3, -0.25) is 0 Å². The molecule has 0 saturated heterocycles. The average Bonchev–Trinajstić information content (AvgIpc) is 1.93. The van der Waals surface area contributed by atoms with Gasteiger partial charge in [-0.15, -0.1) is 6.07 Å². The van der Waals surface area contributed by atoms with Gasteiger partial charge in [0.1, 0.15) is 0 Å². The maximum Gasteiger partial charge on any atom is 0 e. The fraction of sp³-hybridized carbons (Fsp3) is 0.286. The summed E-state index contributed by atoms with van der Waals surface area (Å²) < 4.78 is 0. The van der Waals surface area contributed by atoms with E-state index in [4.69, 9.17) is 0 Å². The Morgan fingerprint density at radius 2 is 2.00 bits per heavy atom. The van der Waals surface area contributed by atoms with Crippen molar-refractivity contribution in [1.29, 1.82) is 0 Å². The second-order valence-electron chi connectivity index (χ2n) is 1.42. The van der Waals surface area contributed by atoms with E-state index in [-0.39, 0.29) is 32.7 Å². The van der Waals surface area contributed by atoms with Gasteiger partial charge in [0.15, 0.2) is 0 Å². The van der Waals surface area contributed by atoms with Crippen LogP contribution in [0.4, 0.5) is 0 Å². The summed E-state index contributed by atoms with van der Waals surface area (Å²) in [5, 5.41) is 0. The van der Waals surface area contributed by atoms with Crippen LogP contribution in [0.2, 0.25) is 0 Å². The van der Waals surface area contributed by atoms with Crippen molar-refractivity contribution in [2.75, 3.05) is 0 Å². The molecule has 2 nitrogen and oxygen atoms in total. The third-order valence-corrected chi connectivity index (χ3v) is 0.434. The second-order valence-corrected chi connectivity index (χ2v) is 1.42. The van der Waals surface area contributed by atoms with Crippen LogP contribution in [0, 0.1) is 12.6 Å². The van der Waals surface area contributed by atoms with E-state index < -0.39 is 0 Å². The minimum absolute atomic E-state index is 0. The Bertz CT molecular complexity index is 94.5. The van der Waals surface area contributed by atoms with Gasteiger partial charge >= 0.3 is 0 Å². The first-order valence-electron chi connectivity index (χ1n) is 2.77. The van der Waals surface area contributed by atoms with Crippen molar-refractivity contribution in [3.8, 4) is 0 Å². The quantitative estimate of drug-likeness (QED) is 0.608. The van der Waals surface area contributed by atoms with Crippen LogP contribution < -0.4 is 0 Å². The topological polar surface area (TPSA) is 25.8 Å². The Balaban J connectivity index is 0. The molecule has 0 saturated carbocycles. The minimum atomic E-state index is 0. The Kier molecular flexibility index (Phi) is 15.3. The third kappa shape index (κ3) is 11.0. The number of rotatable bonds is 0. The molecular formula is C7H10N2Y-2. The van der Waals surface area contributed by atoms with Crippen LogP contribution in [-0.2, 0) is 32.7 Å². The summed E-state index contributed by atoms with van der Waals surface area (Å²) in [6.45, 7) is 4.00. The Labute approximate surface area is 87.4 Å². The first kappa shape index (κ1) is 12.8. The Morgan fingerprint density at radius 1 is 1.40 bits per heavy atom. The first-order chi connectivity index (χ1) is 4.41. The van der Waals surface area contributed by atoms with Gasteiger partial charge in [-0.1, -0.05) is 12.4 Å². The summed E-state index contributed by atoms with van der Waals surface area (Å²) in [5.74, 6) is 0. The molecule has 0 N–H and O–H groups in total. The van der Waals surface area contributed by atoms with Crippen LogP contribution in [0.5, 0.6) is 0 Å². The van der Waals surface area contributed by atoms with Gasteiger partial charge in [0, 0.05) is 32.7 Å². The number of aromatic nitrogens is 2. The molecule has 0 fully saturated rings. The molecule has 1 aromatic heterocycles. The maximum atomic E-state index is 3.64. The molecule has 0 aromatic carbocycles. The van der Waals surface area contributed by atoms with Gasteiger partial charge in [-0.05, 0) is 6.33 Å². The van der Waals surface area contributed by atoms with E-state index in [0.29, 0.717) is 0 Å². The molecule has 0 bridgehead atoms. The van der Waals surface area contributed by atoms with Crippen molar-refractivity contribution in [3.05, 3.63) is 31.2 Å². The molecule has 53 valence electrons. The van der Waals surface area contributed by atoms with Crippen molar-refractivity contribution >= 4 is 0 Å². The molecule has 0 spiro atoms. The summed E-state index contributed by atoms with van der Waals surface area (Å²) in [7, 11) is 0. The summed E-state index contributed by atoms with van der Waals surface area (Å²) in [6, 6.07) is 1.65. The second kappa shape index (κ2) is 11.9. The normalized spacial score (nSPS) is 6.60. The zero-order valence-electron chi connectivity index (χ0n) is 6.28. The summed E-state index contributed by atoms with van der Waals surface area (Å²) in [6.07, 6.45) is 7.66. The van der Waals surface area contributed by atoms with Crippen molar-refractivity contribution in [2.45, 2.75) is 13.8 Å². The summed E-state index contributed by atoms with van der Waals surface area (Å²) in [4.78, 5) is 7.19. The molecule has 0 amide bonds. The SMILES string of the molecule is C[CH-]C.[Y].[c-]1ccncn1. The van der Waals surface area contributed by atoms with Crippen molar-refractivity contribution < 1.29 is 32.7 Å². The van der Waals surface area contributed by atoms with E-state index in [1.165, 1.54) is 6.33 Å². The van der Waals surface area contributed by atoms with Gasteiger partial charge in [0.25, 0.3) is 0 Å². The summed E-state index contributed by atoms with van der Waals surface area (Å²) >= 11 is 0. The predicted molar refractivity (Wildman–Crippen MR) is 36.5 cm³/mol. The third-order valence-electron chi connectivity index (χ3n) is 0.434. The van der Waals surface area contributed by atoms with E-state index in [1.807, 2.05) is 20.3 Å². The molecule has 0 unspecified atom stereocenters. The van der Waals surface area contributed by atoms with E-state index >= 15 is 0 Å². The van der Waals surface area contributed by atoms with Crippen LogP contribution in [0.1, 0.15) is 13.8 Å². The fourth-order valence-electron chi connectivity index (χ4n) is 0.225. The van der Waals surface area contributed by atoms with Crippen LogP contribution in [0.15, 0.2) is 18.6 Å². The van der Waals surface area contributed by atoms with Crippen LogP contribution in [0.25, 0.3) is 0 Å². The average molecular weight is 211 g/mol.